The lowest BCUT2D eigenvalue weighted by Gasteiger charge is -2.24. The average molecular weight is 500 g/mol. The molecule has 0 aliphatic heterocycles. The first kappa shape index (κ1) is 24.4. The molecular weight excluding hydrogens is 474 g/mol. The van der Waals surface area contributed by atoms with E-state index in [0.717, 1.165) is 44.8 Å². The summed E-state index contributed by atoms with van der Waals surface area (Å²) in [6, 6.07) is 19.3. The van der Waals surface area contributed by atoms with Crippen LogP contribution in [0, 0.1) is 24.2 Å². The molecule has 38 heavy (non-hydrogen) atoms. The fourth-order valence-electron chi connectivity index (χ4n) is 4.05. The Kier molecular flexibility index (Phi) is 6.93. The van der Waals surface area contributed by atoms with E-state index >= 15 is 0 Å². The standard InChI is InChI=1S/C31H25N5O2/c1-5-22-8-6-9-23(14-22)10-7-13-36(26-15-27(37-3)18-28(16-26)38-4)25-11-12-29-30(17-25)34-31(20-32-29)24-19-33-35(2)21-24/h1,6,8-9,11-12,14-21H,13H2,2-4H3. The number of hydrogen-bond donors (Lipinski definition) is 0. The van der Waals surface area contributed by atoms with Crippen LogP contribution in [0.1, 0.15) is 11.1 Å². The lowest BCUT2D eigenvalue weighted by atomic mass is 10.1. The number of hydrogen-bond acceptors (Lipinski definition) is 6. The van der Waals surface area contributed by atoms with Crippen molar-refractivity contribution >= 4 is 22.4 Å². The predicted octanol–water partition coefficient (Wildman–Crippen LogP) is 5.22. The van der Waals surface area contributed by atoms with Crippen LogP contribution in [0.3, 0.4) is 0 Å². The summed E-state index contributed by atoms with van der Waals surface area (Å²) >= 11 is 0. The number of fused-ring (bicyclic) bond motifs is 1. The molecule has 0 amide bonds. The zero-order valence-corrected chi connectivity index (χ0v) is 21.3. The third-order valence-corrected chi connectivity index (χ3v) is 5.99. The van der Waals surface area contributed by atoms with Crippen LogP contribution < -0.4 is 14.4 Å². The second-order valence-corrected chi connectivity index (χ2v) is 8.51. The van der Waals surface area contributed by atoms with Gasteiger partial charge in [-0.3, -0.25) is 9.67 Å². The van der Waals surface area contributed by atoms with Crippen molar-refractivity contribution in [2.24, 2.45) is 7.05 Å². The highest BCUT2D eigenvalue weighted by Crippen LogP contribution is 2.34. The highest BCUT2D eigenvalue weighted by Gasteiger charge is 2.14. The van der Waals surface area contributed by atoms with Gasteiger partial charge in [-0.05, 0) is 36.4 Å². The van der Waals surface area contributed by atoms with E-state index in [0.29, 0.717) is 18.0 Å². The Morgan fingerprint density at radius 2 is 1.68 bits per heavy atom. The van der Waals surface area contributed by atoms with E-state index < -0.39 is 0 Å². The summed E-state index contributed by atoms with van der Waals surface area (Å²) in [5, 5.41) is 4.25. The molecule has 2 heterocycles. The van der Waals surface area contributed by atoms with Gasteiger partial charge in [-0.25, -0.2) is 4.98 Å². The second-order valence-electron chi connectivity index (χ2n) is 8.51. The van der Waals surface area contributed by atoms with E-state index in [1.165, 1.54) is 0 Å². The SMILES string of the molecule is C#Cc1cccc(C#CCN(c2cc(OC)cc(OC)c2)c2ccc3ncc(-c4cnn(C)c4)nc3c2)c1. The molecule has 0 fully saturated rings. The number of benzene rings is 3. The molecule has 5 rings (SSSR count). The van der Waals surface area contributed by atoms with Crippen LogP contribution in [-0.4, -0.2) is 40.5 Å². The van der Waals surface area contributed by atoms with Gasteiger partial charge in [-0.2, -0.15) is 5.10 Å². The van der Waals surface area contributed by atoms with E-state index in [1.807, 2.05) is 73.9 Å². The third kappa shape index (κ3) is 5.28. The van der Waals surface area contributed by atoms with E-state index in [1.54, 1.807) is 31.3 Å². The van der Waals surface area contributed by atoms with Crippen LogP contribution in [0.25, 0.3) is 22.3 Å². The highest BCUT2D eigenvalue weighted by atomic mass is 16.5. The molecule has 0 saturated carbocycles. The quantitative estimate of drug-likeness (QED) is 0.299. The van der Waals surface area contributed by atoms with Gasteiger partial charge in [-0.15, -0.1) is 6.42 Å². The number of aromatic nitrogens is 4. The fraction of sp³-hybridized carbons (Fsp3) is 0.129. The molecule has 0 N–H and O–H groups in total. The van der Waals surface area contributed by atoms with Crippen molar-refractivity contribution in [1.82, 2.24) is 19.7 Å². The zero-order chi connectivity index (χ0) is 26.5. The molecule has 2 aromatic heterocycles. The molecule has 7 nitrogen and oxygen atoms in total. The first-order valence-corrected chi connectivity index (χ1v) is 11.9. The summed E-state index contributed by atoms with van der Waals surface area (Å²) in [6.45, 7) is 0.401. The van der Waals surface area contributed by atoms with Crippen molar-refractivity contribution in [2.45, 2.75) is 0 Å². The summed E-state index contributed by atoms with van der Waals surface area (Å²) in [5.74, 6) is 10.5. The molecule has 7 heteroatoms. The Morgan fingerprint density at radius 3 is 2.39 bits per heavy atom. The Balaban J connectivity index is 1.57. The topological polar surface area (TPSA) is 65.3 Å². The van der Waals surface area contributed by atoms with Gasteiger partial charge in [0.2, 0.25) is 0 Å². The predicted molar refractivity (Wildman–Crippen MR) is 150 cm³/mol. The fourth-order valence-corrected chi connectivity index (χ4v) is 4.05. The lowest BCUT2D eigenvalue weighted by Crippen LogP contribution is -2.17. The van der Waals surface area contributed by atoms with Gasteiger partial charge >= 0.3 is 0 Å². The molecule has 0 atom stereocenters. The number of ether oxygens (including phenoxy) is 2. The monoisotopic (exact) mass is 499 g/mol. The van der Waals surface area contributed by atoms with Gasteiger partial charge in [0.05, 0.1) is 49.9 Å². The molecular formula is C31H25N5O2. The normalized spacial score (nSPS) is 10.4. The number of terminal acetylenes is 1. The third-order valence-electron chi connectivity index (χ3n) is 5.99. The van der Waals surface area contributed by atoms with Crippen LogP contribution in [0.4, 0.5) is 11.4 Å². The van der Waals surface area contributed by atoms with E-state index in [-0.39, 0.29) is 0 Å². The molecule has 0 aliphatic rings. The van der Waals surface area contributed by atoms with Crippen LogP contribution >= 0.6 is 0 Å². The summed E-state index contributed by atoms with van der Waals surface area (Å²) < 4.78 is 12.8. The Labute approximate surface area is 221 Å². The number of nitrogens with zero attached hydrogens (tertiary/aromatic N) is 5. The minimum atomic E-state index is 0.401. The van der Waals surface area contributed by atoms with Gasteiger partial charge in [-0.1, -0.05) is 23.8 Å². The van der Waals surface area contributed by atoms with Crippen molar-refractivity contribution < 1.29 is 9.47 Å². The number of anilines is 2. The van der Waals surface area contributed by atoms with E-state index in [2.05, 4.69) is 32.7 Å². The van der Waals surface area contributed by atoms with Gasteiger partial charge in [0, 0.05) is 59.5 Å². The zero-order valence-electron chi connectivity index (χ0n) is 21.3. The van der Waals surface area contributed by atoms with Gasteiger partial charge in [0.1, 0.15) is 11.5 Å². The molecule has 0 aliphatic carbocycles. The Morgan fingerprint density at radius 1 is 0.895 bits per heavy atom. The minimum absolute atomic E-state index is 0.401. The summed E-state index contributed by atoms with van der Waals surface area (Å²) in [5.41, 5.74) is 6.63. The molecule has 5 aromatic rings. The van der Waals surface area contributed by atoms with Crippen LogP contribution in [0.2, 0.25) is 0 Å². The van der Waals surface area contributed by atoms with Crippen LogP contribution in [-0.2, 0) is 7.05 Å². The molecule has 186 valence electrons. The summed E-state index contributed by atoms with van der Waals surface area (Å²) in [6.07, 6.45) is 11.0. The van der Waals surface area contributed by atoms with Crippen LogP contribution in [0.5, 0.6) is 11.5 Å². The van der Waals surface area contributed by atoms with Gasteiger partial charge < -0.3 is 14.4 Å². The number of aryl methyl sites for hydroxylation is 1. The highest BCUT2D eigenvalue weighted by molar-refractivity contribution is 5.83. The maximum Gasteiger partial charge on any atom is 0.124 e. The average Bonchev–Trinajstić information content (AvgIpc) is 3.40. The van der Waals surface area contributed by atoms with Gasteiger partial charge in [0.15, 0.2) is 0 Å². The van der Waals surface area contributed by atoms with Crippen LogP contribution in [0.15, 0.2) is 79.3 Å². The minimum Gasteiger partial charge on any atom is -0.497 e. The van der Waals surface area contributed by atoms with Crippen molar-refractivity contribution in [2.75, 3.05) is 25.7 Å². The maximum atomic E-state index is 5.55. The van der Waals surface area contributed by atoms with Crippen molar-refractivity contribution in [3.8, 4) is 46.9 Å². The summed E-state index contributed by atoms with van der Waals surface area (Å²) in [7, 11) is 5.14. The first-order valence-electron chi connectivity index (χ1n) is 11.9. The molecule has 0 radical (unpaired) electrons. The lowest BCUT2D eigenvalue weighted by molar-refractivity contribution is 0.394. The summed E-state index contributed by atoms with van der Waals surface area (Å²) in [4.78, 5) is 11.6. The molecule has 0 spiro atoms. The molecule has 0 saturated heterocycles. The smallest absolute Gasteiger partial charge is 0.124 e. The van der Waals surface area contributed by atoms with E-state index in [9.17, 15) is 0 Å². The molecule has 0 unspecified atom stereocenters. The number of rotatable bonds is 6. The largest absolute Gasteiger partial charge is 0.497 e. The van der Waals surface area contributed by atoms with Crippen molar-refractivity contribution in [1.29, 1.82) is 0 Å². The first-order chi connectivity index (χ1) is 18.6. The van der Waals surface area contributed by atoms with Crippen molar-refractivity contribution in [3.63, 3.8) is 0 Å². The van der Waals surface area contributed by atoms with Gasteiger partial charge in [0.25, 0.3) is 0 Å². The second kappa shape index (κ2) is 10.8. The maximum absolute atomic E-state index is 5.55. The van der Waals surface area contributed by atoms with Crippen molar-refractivity contribution in [3.05, 3.63) is 90.4 Å². The Hall–Kier alpha value is -5.27. The Bertz CT molecular complexity index is 1700. The molecule has 0 bridgehead atoms. The van der Waals surface area contributed by atoms with E-state index in [4.69, 9.17) is 20.9 Å². The number of methoxy groups -OCH3 is 2. The molecule has 3 aromatic carbocycles.